The van der Waals surface area contributed by atoms with Crippen LogP contribution in [0.25, 0.3) is 0 Å². The second-order valence-corrected chi connectivity index (χ2v) is 7.02. The standard InChI is InChI=1S/C17H23N3O3S/c1-3-11(2)19-15(21)8-9-18-16(22)10-14-17(23)20-12-6-4-5-7-13(12)24-14/h4-7,11,14H,3,8-10H2,1-2H3,(H,18,22)(H,19,21)(H,20,23). The van der Waals surface area contributed by atoms with Gasteiger partial charge in [-0.2, -0.15) is 0 Å². The molecule has 0 bridgehead atoms. The largest absolute Gasteiger partial charge is 0.356 e. The summed E-state index contributed by atoms with van der Waals surface area (Å²) < 4.78 is 0. The average molecular weight is 349 g/mol. The van der Waals surface area contributed by atoms with Crippen LogP contribution in [0.2, 0.25) is 0 Å². The van der Waals surface area contributed by atoms with E-state index in [1.807, 2.05) is 38.1 Å². The van der Waals surface area contributed by atoms with E-state index in [1.165, 1.54) is 11.8 Å². The van der Waals surface area contributed by atoms with Crippen LogP contribution in [0.1, 0.15) is 33.1 Å². The van der Waals surface area contributed by atoms with Gasteiger partial charge >= 0.3 is 0 Å². The maximum absolute atomic E-state index is 12.1. The van der Waals surface area contributed by atoms with Crippen molar-refractivity contribution in [3.63, 3.8) is 0 Å². The molecule has 0 fully saturated rings. The summed E-state index contributed by atoms with van der Waals surface area (Å²) in [6.45, 7) is 4.21. The van der Waals surface area contributed by atoms with Crippen molar-refractivity contribution in [2.45, 2.75) is 49.3 Å². The highest BCUT2D eigenvalue weighted by molar-refractivity contribution is 8.01. The van der Waals surface area contributed by atoms with Gasteiger partial charge in [0.05, 0.1) is 10.9 Å². The van der Waals surface area contributed by atoms with Gasteiger partial charge in [-0.15, -0.1) is 11.8 Å². The van der Waals surface area contributed by atoms with Crippen molar-refractivity contribution < 1.29 is 14.4 Å². The molecule has 0 aliphatic carbocycles. The third-order valence-corrected chi connectivity index (χ3v) is 5.05. The Kier molecular flexibility index (Phi) is 6.66. The first-order valence-corrected chi connectivity index (χ1v) is 9.00. The molecule has 3 amide bonds. The Morgan fingerprint density at radius 1 is 1.29 bits per heavy atom. The lowest BCUT2D eigenvalue weighted by atomic mass is 10.2. The van der Waals surface area contributed by atoms with Crippen molar-refractivity contribution >= 4 is 35.2 Å². The summed E-state index contributed by atoms with van der Waals surface area (Å²) in [6.07, 6.45) is 1.20. The van der Waals surface area contributed by atoms with Gasteiger partial charge in [-0.1, -0.05) is 19.1 Å². The van der Waals surface area contributed by atoms with E-state index in [0.717, 1.165) is 17.0 Å². The summed E-state index contributed by atoms with van der Waals surface area (Å²) in [4.78, 5) is 36.6. The Labute approximate surface area is 146 Å². The van der Waals surface area contributed by atoms with Gasteiger partial charge in [-0.3, -0.25) is 14.4 Å². The molecule has 1 aromatic carbocycles. The van der Waals surface area contributed by atoms with Crippen LogP contribution in [0.5, 0.6) is 0 Å². The molecular weight excluding hydrogens is 326 g/mol. The van der Waals surface area contributed by atoms with Gasteiger partial charge in [-0.25, -0.2) is 0 Å². The van der Waals surface area contributed by atoms with Crippen molar-refractivity contribution in [2.24, 2.45) is 0 Å². The Bertz CT molecular complexity index is 621. The number of carbonyl (C=O) groups excluding carboxylic acids is 3. The van der Waals surface area contributed by atoms with Crippen molar-refractivity contribution in [1.29, 1.82) is 0 Å². The molecule has 1 aliphatic heterocycles. The Morgan fingerprint density at radius 2 is 2.04 bits per heavy atom. The minimum Gasteiger partial charge on any atom is -0.356 e. The zero-order chi connectivity index (χ0) is 17.5. The molecule has 1 heterocycles. The molecule has 0 saturated carbocycles. The molecule has 1 aromatic rings. The lowest BCUT2D eigenvalue weighted by Crippen LogP contribution is -2.37. The Morgan fingerprint density at radius 3 is 2.79 bits per heavy atom. The van der Waals surface area contributed by atoms with E-state index in [1.54, 1.807) is 0 Å². The van der Waals surface area contributed by atoms with Crippen LogP contribution in [0.15, 0.2) is 29.2 Å². The van der Waals surface area contributed by atoms with Gasteiger partial charge in [0.15, 0.2) is 0 Å². The molecule has 0 aromatic heterocycles. The van der Waals surface area contributed by atoms with E-state index < -0.39 is 5.25 Å². The molecule has 2 unspecified atom stereocenters. The molecule has 6 nitrogen and oxygen atoms in total. The number of nitrogens with one attached hydrogen (secondary N) is 3. The predicted molar refractivity (Wildman–Crippen MR) is 94.9 cm³/mol. The molecule has 0 saturated heterocycles. The quantitative estimate of drug-likeness (QED) is 0.702. The summed E-state index contributed by atoms with van der Waals surface area (Å²) in [5, 5.41) is 7.91. The zero-order valence-electron chi connectivity index (χ0n) is 13.9. The van der Waals surface area contributed by atoms with Crippen LogP contribution in [-0.2, 0) is 14.4 Å². The lowest BCUT2D eigenvalue weighted by Gasteiger charge is -2.23. The maximum Gasteiger partial charge on any atom is 0.238 e. The third kappa shape index (κ3) is 5.26. The monoisotopic (exact) mass is 349 g/mol. The first-order chi connectivity index (χ1) is 11.5. The fourth-order valence-corrected chi connectivity index (χ4v) is 3.34. The van der Waals surface area contributed by atoms with Crippen LogP contribution in [0.3, 0.4) is 0 Å². The average Bonchev–Trinajstić information content (AvgIpc) is 2.55. The molecule has 1 aliphatic rings. The molecule has 24 heavy (non-hydrogen) atoms. The van der Waals surface area contributed by atoms with Gasteiger partial charge in [0.25, 0.3) is 0 Å². The van der Waals surface area contributed by atoms with Crippen LogP contribution in [0.4, 0.5) is 5.69 Å². The number of anilines is 1. The highest BCUT2D eigenvalue weighted by Gasteiger charge is 2.28. The Balaban J connectivity index is 1.75. The number of amides is 3. The van der Waals surface area contributed by atoms with E-state index in [9.17, 15) is 14.4 Å². The summed E-state index contributed by atoms with van der Waals surface area (Å²) in [6, 6.07) is 7.65. The lowest BCUT2D eigenvalue weighted by molar-refractivity contribution is -0.124. The molecule has 2 atom stereocenters. The molecule has 0 spiro atoms. The number of hydrogen-bond donors (Lipinski definition) is 3. The highest BCUT2D eigenvalue weighted by atomic mass is 32.2. The zero-order valence-corrected chi connectivity index (χ0v) is 14.7. The fourth-order valence-electron chi connectivity index (χ4n) is 2.23. The number of carbonyl (C=O) groups is 3. The van der Waals surface area contributed by atoms with Gasteiger partial charge in [0.1, 0.15) is 0 Å². The van der Waals surface area contributed by atoms with E-state index in [4.69, 9.17) is 0 Å². The van der Waals surface area contributed by atoms with Gasteiger partial charge in [0.2, 0.25) is 17.7 Å². The van der Waals surface area contributed by atoms with Crippen LogP contribution >= 0.6 is 11.8 Å². The minimum atomic E-state index is -0.450. The minimum absolute atomic E-state index is 0.0802. The summed E-state index contributed by atoms with van der Waals surface area (Å²) in [5.41, 5.74) is 0.783. The second-order valence-electron chi connectivity index (χ2n) is 5.77. The maximum atomic E-state index is 12.1. The van der Waals surface area contributed by atoms with E-state index >= 15 is 0 Å². The van der Waals surface area contributed by atoms with Crippen LogP contribution < -0.4 is 16.0 Å². The number of rotatable bonds is 7. The number of para-hydroxylation sites is 1. The number of fused-ring (bicyclic) bond motifs is 1. The van der Waals surface area contributed by atoms with Crippen LogP contribution in [0, 0.1) is 0 Å². The summed E-state index contributed by atoms with van der Waals surface area (Å²) >= 11 is 1.39. The summed E-state index contributed by atoms with van der Waals surface area (Å²) in [7, 11) is 0. The predicted octanol–water partition coefficient (Wildman–Crippen LogP) is 1.91. The molecule has 3 N–H and O–H groups in total. The highest BCUT2D eigenvalue weighted by Crippen LogP contribution is 2.36. The topological polar surface area (TPSA) is 87.3 Å². The third-order valence-electron chi connectivity index (χ3n) is 3.77. The van der Waals surface area contributed by atoms with Gasteiger partial charge in [-0.05, 0) is 25.5 Å². The van der Waals surface area contributed by atoms with Gasteiger partial charge < -0.3 is 16.0 Å². The van der Waals surface area contributed by atoms with Crippen molar-refractivity contribution in [1.82, 2.24) is 10.6 Å². The summed E-state index contributed by atoms with van der Waals surface area (Å²) in [5.74, 6) is -0.468. The smallest absolute Gasteiger partial charge is 0.238 e. The van der Waals surface area contributed by atoms with E-state index in [-0.39, 0.29) is 43.1 Å². The SMILES string of the molecule is CCC(C)NC(=O)CCNC(=O)CC1Sc2ccccc2NC1=O. The second kappa shape index (κ2) is 8.73. The molecule has 7 heteroatoms. The first kappa shape index (κ1) is 18.3. The van der Waals surface area contributed by atoms with Crippen LogP contribution in [-0.4, -0.2) is 35.6 Å². The van der Waals surface area contributed by atoms with Crippen molar-refractivity contribution in [3.8, 4) is 0 Å². The normalized spacial score (nSPS) is 17.4. The van der Waals surface area contributed by atoms with Gasteiger partial charge in [0, 0.05) is 30.3 Å². The molecule has 130 valence electrons. The van der Waals surface area contributed by atoms with E-state index in [2.05, 4.69) is 16.0 Å². The van der Waals surface area contributed by atoms with Crippen molar-refractivity contribution in [2.75, 3.05) is 11.9 Å². The number of thioether (sulfide) groups is 1. The first-order valence-electron chi connectivity index (χ1n) is 8.12. The fraction of sp³-hybridized carbons (Fsp3) is 0.471. The van der Waals surface area contributed by atoms with Crippen molar-refractivity contribution in [3.05, 3.63) is 24.3 Å². The Hall–Kier alpha value is -2.02. The molecular formula is C17H23N3O3S. The number of benzene rings is 1. The molecule has 0 radical (unpaired) electrons. The molecule has 2 rings (SSSR count). The number of hydrogen-bond acceptors (Lipinski definition) is 4. The van der Waals surface area contributed by atoms with E-state index in [0.29, 0.717) is 0 Å².